The van der Waals surface area contributed by atoms with Crippen LogP contribution >= 0.6 is 23.4 Å². The number of halogens is 1. The zero-order chi connectivity index (χ0) is 22.1. The number of amidine groups is 1. The Morgan fingerprint density at radius 3 is 2.75 bits per heavy atom. The van der Waals surface area contributed by atoms with Crippen LogP contribution in [0.3, 0.4) is 0 Å². The molecule has 2 atom stereocenters. The fourth-order valence-electron chi connectivity index (χ4n) is 3.85. The van der Waals surface area contributed by atoms with Crippen LogP contribution in [0, 0.1) is 5.92 Å². The van der Waals surface area contributed by atoms with Crippen LogP contribution < -0.4 is 21.1 Å². The molecule has 1 fully saturated rings. The Balaban J connectivity index is 1.42. The number of carbonyl (C=O) groups excluding carboxylic acids is 2. The van der Waals surface area contributed by atoms with Crippen molar-refractivity contribution in [1.82, 2.24) is 10.9 Å². The van der Waals surface area contributed by atoms with E-state index in [4.69, 9.17) is 16.6 Å². The highest BCUT2D eigenvalue weighted by molar-refractivity contribution is 8.14. The second kappa shape index (κ2) is 8.91. The van der Waals surface area contributed by atoms with E-state index in [0.717, 1.165) is 16.5 Å². The predicted octanol–water partition coefficient (Wildman–Crippen LogP) is 3.62. The predicted molar refractivity (Wildman–Crippen MR) is 130 cm³/mol. The minimum absolute atomic E-state index is 0.0422. The van der Waals surface area contributed by atoms with Crippen molar-refractivity contribution in [3.8, 4) is 0 Å². The molecule has 2 aliphatic heterocycles. The zero-order valence-electron chi connectivity index (χ0n) is 16.9. The summed E-state index contributed by atoms with van der Waals surface area (Å²) in [4.78, 5) is 32.4. The van der Waals surface area contributed by atoms with Gasteiger partial charge >= 0.3 is 0 Å². The standard InChI is InChI=1S/C23H20ClN5O2S/c24-15-8-10-16(11-9-15)26-20(30)13-32-23-27-21-18(12-25-28-21)22(31)29(23)19-7-3-5-14-4-1-2-6-17(14)19/h1-11,18,21,25,28H,12-13H2,(H,26,30). The maximum Gasteiger partial charge on any atom is 0.241 e. The molecule has 3 aromatic rings. The summed E-state index contributed by atoms with van der Waals surface area (Å²) in [6, 6.07) is 20.7. The van der Waals surface area contributed by atoms with Gasteiger partial charge in [0, 0.05) is 22.6 Å². The molecule has 2 amide bonds. The van der Waals surface area contributed by atoms with E-state index in [-0.39, 0.29) is 29.7 Å². The molecule has 0 saturated carbocycles. The minimum atomic E-state index is -0.351. The summed E-state index contributed by atoms with van der Waals surface area (Å²) >= 11 is 7.14. The lowest BCUT2D eigenvalue weighted by molar-refractivity contribution is -0.121. The molecule has 0 spiro atoms. The molecule has 162 valence electrons. The van der Waals surface area contributed by atoms with Crippen molar-refractivity contribution in [1.29, 1.82) is 0 Å². The van der Waals surface area contributed by atoms with Gasteiger partial charge in [0.15, 0.2) is 5.17 Å². The summed E-state index contributed by atoms with van der Waals surface area (Å²) in [6.07, 6.45) is -0.351. The van der Waals surface area contributed by atoms with Crippen LogP contribution in [0.25, 0.3) is 10.8 Å². The van der Waals surface area contributed by atoms with Gasteiger partial charge < -0.3 is 5.32 Å². The van der Waals surface area contributed by atoms with Crippen LogP contribution in [0.4, 0.5) is 11.4 Å². The first-order valence-electron chi connectivity index (χ1n) is 10.2. The average molecular weight is 466 g/mol. The topological polar surface area (TPSA) is 85.8 Å². The number of hydrazine groups is 1. The van der Waals surface area contributed by atoms with Crippen LogP contribution in [0.15, 0.2) is 71.7 Å². The summed E-state index contributed by atoms with van der Waals surface area (Å²) in [5.41, 5.74) is 7.50. The van der Waals surface area contributed by atoms with Crippen molar-refractivity contribution < 1.29 is 9.59 Å². The van der Waals surface area contributed by atoms with Crippen molar-refractivity contribution in [3.63, 3.8) is 0 Å². The summed E-state index contributed by atoms with van der Waals surface area (Å²) in [5, 5.41) is 5.94. The third-order valence-corrected chi connectivity index (χ3v) is 6.60. The Hall–Kier alpha value is -2.91. The first-order valence-corrected chi connectivity index (χ1v) is 11.5. The number of fused-ring (bicyclic) bond motifs is 2. The second-order valence-corrected chi connectivity index (χ2v) is 8.88. The van der Waals surface area contributed by atoms with Gasteiger partial charge in [-0.15, -0.1) is 0 Å². The van der Waals surface area contributed by atoms with Gasteiger partial charge in [0.05, 0.1) is 17.4 Å². The summed E-state index contributed by atoms with van der Waals surface area (Å²) in [7, 11) is 0. The molecule has 2 aliphatic rings. The number of hydrogen-bond donors (Lipinski definition) is 3. The molecule has 3 N–H and O–H groups in total. The van der Waals surface area contributed by atoms with Crippen LogP contribution in [-0.4, -0.2) is 35.4 Å². The Kier molecular flexibility index (Phi) is 5.84. The number of nitrogens with one attached hydrogen (secondary N) is 3. The van der Waals surface area contributed by atoms with Gasteiger partial charge in [-0.05, 0) is 35.7 Å². The fourth-order valence-corrected chi connectivity index (χ4v) is 4.82. The molecule has 5 rings (SSSR count). The third-order valence-electron chi connectivity index (χ3n) is 5.40. The first kappa shape index (κ1) is 21.0. The van der Waals surface area contributed by atoms with Gasteiger partial charge in [-0.3, -0.25) is 19.9 Å². The van der Waals surface area contributed by atoms with Crippen molar-refractivity contribution in [2.24, 2.45) is 10.9 Å². The molecule has 0 aromatic heterocycles. The lowest BCUT2D eigenvalue weighted by atomic mass is 10.0. The van der Waals surface area contributed by atoms with Crippen molar-refractivity contribution in [3.05, 3.63) is 71.8 Å². The van der Waals surface area contributed by atoms with E-state index in [1.807, 2.05) is 42.5 Å². The summed E-state index contributed by atoms with van der Waals surface area (Å²) in [6.45, 7) is 0.503. The molecule has 2 unspecified atom stereocenters. The van der Waals surface area contributed by atoms with E-state index in [0.29, 0.717) is 22.4 Å². The molecule has 1 saturated heterocycles. The van der Waals surface area contributed by atoms with E-state index in [1.165, 1.54) is 11.8 Å². The van der Waals surface area contributed by atoms with Gasteiger partial charge in [0.25, 0.3) is 0 Å². The lowest BCUT2D eigenvalue weighted by Crippen LogP contribution is -2.49. The first-order chi connectivity index (χ1) is 15.6. The molecule has 3 aromatic carbocycles. The molecule has 2 heterocycles. The third kappa shape index (κ3) is 4.10. The summed E-state index contributed by atoms with van der Waals surface area (Å²) in [5.74, 6) is -0.425. The van der Waals surface area contributed by atoms with Crippen molar-refractivity contribution >= 4 is 62.5 Å². The molecule has 0 radical (unpaired) electrons. The SMILES string of the molecule is O=C(CSC1=NC2NNCC2C(=O)N1c1cccc2ccccc12)Nc1ccc(Cl)cc1. The van der Waals surface area contributed by atoms with Gasteiger partial charge in [-0.2, -0.15) is 0 Å². The Morgan fingerprint density at radius 2 is 1.91 bits per heavy atom. The lowest BCUT2D eigenvalue weighted by Gasteiger charge is -2.33. The van der Waals surface area contributed by atoms with E-state index in [1.54, 1.807) is 29.2 Å². The van der Waals surface area contributed by atoms with E-state index >= 15 is 0 Å². The van der Waals surface area contributed by atoms with Crippen LogP contribution in [0.2, 0.25) is 5.02 Å². The Bertz CT molecular complexity index is 1210. The highest BCUT2D eigenvalue weighted by Gasteiger charge is 2.42. The maximum atomic E-state index is 13.5. The molecular formula is C23H20ClN5O2S. The normalized spacial score (nSPS) is 20.2. The Morgan fingerprint density at radius 1 is 1.12 bits per heavy atom. The van der Waals surface area contributed by atoms with Gasteiger partial charge in [-0.25, -0.2) is 10.4 Å². The Labute approximate surface area is 194 Å². The molecule has 9 heteroatoms. The van der Waals surface area contributed by atoms with E-state index in [2.05, 4.69) is 16.2 Å². The number of carbonyl (C=O) groups is 2. The van der Waals surface area contributed by atoms with Gasteiger partial charge in [0.1, 0.15) is 6.17 Å². The highest BCUT2D eigenvalue weighted by atomic mass is 35.5. The summed E-state index contributed by atoms with van der Waals surface area (Å²) < 4.78 is 0. The van der Waals surface area contributed by atoms with Crippen molar-refractivity contribution in [2.45, 2.75) is 6.17 Å². The second-order valence-electron chi connectivity index (χ2n) is 7.50. The van der Waals surface area contributed by atoms with Crippen LogP contribution in [-0.2, 0) is 9.59 Å². The largest absolute Gasteiger partial charge is 0.325 e. The molecular weight excluding hydrogens is 446 g/mol. The number of hydrogen-bond acceptors (Lipinski definition) is 6. The average Bonchev–Trinajstić information content (AvgIpc) is 3.28. The van der Waals surface area contributed by atoms with Gasteiger partial charge in [-0.1, -0.05) is 59.8 Å². The number of rotatable bonds is 4. The number of anilines is 2. The minimum Gasteiger partial charge on any atom is -0.325 e. The molecule has 0 bridgehead atoms. The number of amides is 2. The highest BCUT2D eigenvalue weighted by Crippen LogP contribution is 2.34. The van der Waals surface area contributed by atoms with Gasteiger partial charge in [0.2, 0.25) is 11.8 Å². The molecule has 0 aliphatic carbocycles. The number of nitrogens with zero attached hydrogens (tertiary/aromatic N) is 2. The monoisotopic (exact) mass is 465 g/mol. The fraction of sp³-hybridized carbons (Fsp3) is 0.174. The molecule has 32 heavy (non-hydrogen) atoms. The van der Waals surface area contributed by atoms with E-state index < -0.39 is 0 Å². The molecule has 7 nitrogen and oxygen atoms in total. The van der Waals surface area contributed by atoms with Crippen LogP contribution in [0.1, 0.15) is 0 Å². The zero-order valence-corrected chi connectivity index (χ0v) is 18.5. The number of thioether (sulfide) groups is 1. The number of aliphatic imine (C=N–C) groups is 1. The smallest absolute Gasteiger partial charge is 0.241 e. The quantitative estimate of drug-likeness (QED) is 0.548. The number of benzene rings is 3. The maximum absolute atomic E-state index is 13.5. The van der Waals surface area contributed by atoms with Crippen LogP contribution in [0.5, 0.6) is 0 Å². The van der Waals surface area contributed by atoms with E-state index in [9.17, 15) is 9.59 Å². The van der Waals surface area contributed by atoms with Crippen molar-refractivity contribution in [2.75, 3.05) is 22.5 Å².